The number of hydrogen-bond donors (Lipinski definition) is 0. The minimum atomic E-state index is -0.00287. The number of carbonyl (C=O) groups is 1. The van der Waals surface area contributed by atoms with Gasteiger partial charge in [0.05, 0.1) is 6.61 Å². The van der Waals surface area contributed by atoms with Crippen molar-refractivity contribution in [3.05, 3.63) is 29.0 Å². The SMILES string of the molecule is O=C(c1cccc(Cl)n1)N(CC1CCOC1)C1CC1. The number of ether oxygens (including phenoxy) is 1. The van der Waals surface area contributed by atoms with E-state index in [1.165, 1.54) is 0 Å². The standard InChI is InChI=1S/C14H17ClN2O2/c15-13-3-1-2-12(16-13)14(18)17(11-4-5-11)8-10-6-7-19-9-10/h1-3,10-11H,4-9H2. The van der Waals surface area contributed by atoms with Crippen LogP contribution < -0.4 is 0 Å². The number of hydrogen-bond acceptors (Lipinski definition) is 3. The van der Waals surface area contributed by atoms with Crippen molar-refractivity contribution in [1.82, 2.24) is 9.88 Å². The van der Waals surface area contributed by atoms with Crippen LogP contribution in [0.25, 0.3) is 0 Å². The fourth-order valence-electron chi connectivity index (χ4n) is 2.46. The average Bonchev–Trinajstić information content (AvgIpc) is 3.12. The van der Waals surface area contributed by atoms with E-state index in [-0.39, 0.29) is 5.91 Å². The molecule has 1 unspecified atom stereocenters. The van der Waals surface area contributed by atoms with Gasteiger partial charge in [0.2, 0.25) is 0 Å². The van der Waals surface area contributed by atoms with Gasteiger partial charge in [-0.2, -0.15) is 0 Å². The Morgan fingerprint density at radius 3 is 2.89 bits per heavy atom. The Balaban J connectivity index is 1.73. The van der Waals surface area contributed by atoms with Crippen molar-refractivity contribution in [2.24, 2.45) is 5.92 Å². The van der Waals surface area contributed by atoms with Crippen molar-refractivity contribution in [3.8, 4) is 0 Å². The summed E-state index contributed by atoms with van der Waals surface area (Å²) >= 11 is 5.86. The molecule has 2 aliphatic rings. The average molecular weight is 281 g/mol. The van der Waals surface area contributed by atoms with Crippen LogP contribution in [0.3, 0.4) is 0 Å². The first-order valence-electron chi connectivity index (χ1n) is 6.75. The summed E-state index contributed by atoms with van der Waals surface area (Å²) < 4.78 is 5.39. The fraction of sp³-hybridized carbons (Fsp3) is 0.571. The summed E-state index contributed by atoms with van der Waals surface area (Å²) in [6, 6.07) is 5.57. The largest absolute Gasteiger partial charge is 0.381 e. The number of halogens is 1. The molecule has 19 heavy (non-hydrogen) atoms. The fourth-order valence-corrected chi connectivity index (χ4v) is 2.63. The number of rotatable bonds is 4. The molecule has 1 saturated heterocycles. The molecule has 102 valence electrons. The van der Waals surface area contributed by atoms with E-state index in [9.17, 15) is 4.79 Å². The summed E-state index contributed by atoms with van der Waals surface area (Å²) in [5.74, 6) is 0.459. The van der Waals surface area contributed by atoms with Gasteiger partial charge in [-0.15, -0.1) is 0 Å². The highest BCUT2D eigenvalue weighted by molar-refractivity contribution is 6.29. The van der Waals surface area contributed by atoms with Gasteiger partial charge >= 0.3 is 0 Å². The molecule has 0 radical (unpaired) electrons. The second kappa shape index (κ2) is 5.47. The third kappa shape index (κ3) is 3.07. The summed E-state index contributed by atoms with van der Waals surface area (Å²) in [5, 5.41) is 0.366. The Kier molecular flexibility index (Phi) is 3.71. The second-order valence-corrected chi connectivity index (χ2v) is 5.65. The molecule has 0 spiro atoms. The molecule has 1 amide bonds. The minimum Gasteiger partial charge on any atom is -0.381 e. The number of nitrogens with zero attached hydrogens (tertiary/aromatic N) is 2. The van der Waals surface area contributed by atoms with Gasteiger partial charge < -0.3 is 9.64 Å². The quantitative estimate of drug-likeness (QED) is 0.795. The second-order valence-electron chi connectivity index (χ2n) is 5.26. The van der Waals surface area contributed by atoms with E-state index >= 15 is 0 Å². The zero-order valence-corrected chi connectivity index (χ0v) is 11.5. The third-order valence-corrected chi connectivity index (χ3v) is 3.87. The zero-order chi connectivity index (χ0) is 13.2. The van der Waals surface area contributed by atoms with E-state index in [4.69, 9.17) is 16.3 Å². The van der Waals surface area contributed by atoms with Crippen molar-refractivity contribution < 1.29 is 9.53 Å². The molecule has 0 aromatic carbocycles. The molecule has 1 aromatic rings. The van der Waals surface area contributed by atoms with Crippen molar-refractivity contribution in [3.63, 3.8) is 0 Å². The van der Waals surface area contributed by atoms with Gasteiger partial charge in [-0.05, 0) is 31.4 Å². The Bertz CT molecular complexity index is 470. The third-order valence-electron chi connectivity index (χ3n) is 3.66. The van der Waals surface area contributed by atoms with Crippen LogP contribution in [0, 0.1) is 5.92 Å². The van der Waals surface area contributed by atoms with E-state index in [1.807, 2.05) is 4.90 Å². The van der Waals surface area contributed by atoms with Crippen LogP contribution in [0.15, 0.2) is 18.2 Å². The first kappa shape index (κ1) is 12.9. The molecule has 1 aromatic heterocycles. The molecular weight excluding hydrogens is 264 g/mol. The van der Waals surface area contributed by atoms with Gasteiger partial charge in [0.25, 0.3) is 5.91 Å². The lowest BCUT2D eigenvalue weighted by Crippen LogP contribution is -2.37. The van der Waals surface area contributed by atoms with Crippen LogP contribution in [0.1, 0.15) is 29.8 Å². The molecule has 4 nitrogen and oxygen atoms in total. The topological polar surface area (TPSA) is 42.4 Å². The van der Waals surface area contributed by atoms with Crippen LogP contribution in [0.5, 0.6) is 0 Å². The summed E-state index contributed by atoms with van der Waals surface area (Å²) in [7, 11) is 0. The molecule has 3 rings (SSSR count). The summed E-state index contributed by atoms with van der Waals surface area (Å²) in [4.78, 5) is 18.6. The van der Waals surface area contributed by atoms with Gasteiger partial charge in [-0.3, -0.25) is 4.79 Å². The van der Waals surface area contributed by atoms with Crippen molar-refractivity contribution in [1.29, 1.82) is 0 Å². The number of pyridine rings is 1. The Labute approximate surface area is 117 Å². The first-order chi connectivity index (χ1) is 9.24. The van der Waals surface area contributed by atoms with Crippen LogP contribution in [0.4, 0.5) is 0 Å². The van der Waals surface area contributed by atoms with Crippen LogP contribution in [-0.2, 0) is 4.74 Å². The Hall–Kier alpha value is -1.13. The van der Waals surface area contributed by atoms with Gasteiger partial charge in [-0.25, -0.2) is 4.98 Å². The van der Waals surface area contributed by atoms with Crippen LogP contribution in [0.2, 0.25) is 5.15 Å². The lowest BCUT2D eigenvalue weighted by Gasteiger charge is -2.24. The van der Waals surface area contributed by atoms with Crippen LogP contribution in [-0.4, -0.2) is 41.6 Å². The molecular formula is C14H17ClN2O2. The lowest BCUT2D eigenvalue weighted by molar-refractivity contribution is 0.0700. The molecule has 2 heterocycles. The van der Waals surface area contributed by atoms with Crippen molar-refractivity contribution in [2.45, 2.75) is 25.3 Å². The van der Waals surface area contributed by atoms with Crippen molar-refractivity contribution in [2.75, 3.05) is 19.8 Å². The van der Waals surface area contributed by atoms with Crippen molar-refractivity contribution >= 4 is 17.5 Å². The highest BCUT2D eigenvalue weighted by Crippen LogP contribution is 2.30. The highest BCUT2D eigenvalue weighted by Gasteiger charge is 2.35. The summed E-state index contributed by atoms with van der Waals surface area (Å²) in [6.07, 6.45) is 3.24. The number of carbonyl (C=O) groups excluding carboxylic acids is 1. The minimum absolute atomic E-state index is 0.00287. The molecule has 2 fully saturated rings. The van der Waals surface area contributed by atoms with E-state index in [1.54, 1.807) is 18.2 Å². The molecule has 5 heteroatoms. The molecule has 0 N–H and O–H groups in total. The number of amides is 1. The monoisotopic (exact) mass is 280 g/mol. The van der Waals surface area contributed by atoms with Crippen LogP contribution >= 0.6 is 11.6 Å². The Morgan fingerprint density at radius 1 is 1.42 bits per heavy atom. The molecule has 1 saturated carbocycles. The maximum Gasteiger partial charge on any atom is 0.272 e. The van der Waals surface area contributed by atoms with Gasteiger partial charge in [0, 0.05) is 25.1 Å². The van der Waals surface area contributed by atoms with E-state index < -0.39 is 0 Å². The first-order valence-corrected chi connectivity index (χ1v) is 7.13. The smallest absolute Gasteiger partial charge is 0.272 e. The molecule has 1 aliphatic heterocycles. The summed E-state index contributed by atoms with van der Waals surface area (Å²) in [6.45, 7) is 2.35. The Morgan fingerprint density at radius 2 is 2.26 bits per heavy atom. The summed E-state index contributed by atoms with van der Waals surface area (Å²) in [5.41, 5.74) is 0.443. The van der Waals surface area contributed by atoms with Gasteiger partial charge in [-0.1, -0.05) is 17.7 Å². The van der Waals surface area contributed by atoms with Gasteiger partial charge in [0.1, 0.15) is 10.8 Å². The molecule has 1 aliphatic carbocycles. The van der Waals surface area contributed by atoms with E-state index in [2.05, 4.69) is 4.98 Å². The maximum absolute atomic E-state index is 12.5. The predicted molar refractivity (Wildman–Crippen MR) is 72.2 cm³/mol. The predicted octanol–water partition coefficient (Wildman–Crippen LogP) is 2.38. The van der Waals surface area contributed by atoms with E-state index in [0.717, 1.165) is 39.0 Å². The maximum atomic E-state index is 12.5. The van der Waals surface area contributed by atoms with E-state index in [0.29, 0.717) is 22.8 Å². The normalized spacial score (nSPS) is 22.5. The van der Waals surface area contributed by atoms with Gasteiger partial charge in [0.15, 0.2) is 0 Å². The highest BCUT2D eigenvalue weighted by atomic mass is 35.5. The zero-order valence-electron chi connectivity index (χ0n) is 10.7. The molecule has 0 bridgehead atoms. The lowest BCUT2D eigenvalue weighted by atomic mass is 10.1. The molecule has 1 atom stereocenters. The number of aromatic nitrogens is 1.